The molecule has 1 aliphatic rings. The van der Waals surface area contributed by atoms with Crippen LogP contribution in [0.25, 0.3) is 11.3 Å². The maximum Gasteiger partial charge on any atom is 0.271 e. The highest BCUT2D eigenvalue weighted by molar-refractivity contribution is 5.93. The third-order valence-corrected chi connectivity index (χ3v) is 5.47. The van der Waals surface area contributed by atoms with E-state index in [4.69, 9.17) is 4.74 Å². The van der Waals surface area contributed by atoms with E-state index in [1.165, 1.54) is 12.1 Å². The van der Waals surface area contributed by atoms with Gasteiger partial charge in [0.05, 0.1) is 23.6 Å². The predicted octanol–water partition coefficient (Wildman–Crippen LogP) is 3.92. The van der Waals surface area contributed by atoms with E-state index in [9.17, 15) is 14.9 Å². The Labute approximate surface area is 185 Å². The fraction of sp³-hybridized carbons (Fsp3) is 0.261. The van der Waals surface area contributed by atoms with Crippen molar-refractivity contribution >= 4 is 23.1 Å². The van der Waals surface area contributed by atoms with E-state index in [-0.39, 0.29) is 17.5 Å². The number of nitrogens with one attached hydrogen (secondary N) is 1. The Balaban J connectivity index is 1.44. The van der Waals surface area contributed by atoms with Crippen LogP contribution >= 0.6 is 0 Å². The first-order valence-corrected chi connectivity index (χ1v) is 10.3. The predicted molar refractivity (Wildman–Crippen MR) is 121 cm³/mol. The standard InChI is InChI=1S/C23H23N5O4/c1-32-21-10-3-2-9-19(21)20-11-12-22(26-25-20)27-13-5-6-16(15-27)23(29)24-17-7-4-8-18(14-17)28(30)31/h2-4,7-12,14,16H,5-6,13,15H2,1H3,(H,24,29)/t16-/m1/s1. The van der Waals surface area contributed by atoms with Gasteiger partial charge in [0, 0.05) is 36.5 Å². The van der Waals surface area contributed by atoms with Crippen LogP contribution in [0.15, 0.2) is 60.7 Å². The normalized spacial score (nSPS) is 15.8. The van der Waals surface area contributed by atoms with Crippen LogP contribution in [0.1, 0.15) is 12.8 Å². The lowest BCUT2D eigenvalue weighted by atomic mass is 9.97. The molecular formula is C23H23N5O4. The van der Waals surface area contributed by atoms with Crippen molar-refractivity contribution < 1.29 is 14.5 Å². The molecule has 0 saturated carbocycles. The quantitative estimate of drug-likeness (QED) is 0.463. The zero-order valence-electron chi connectivity index (χ0n) is 17.6. The molecule has 1 fully saturated rings. The summed E-state index contributed by atoms with van der Waals surface area (Å²) in [5.74, 6) is 1.02. The van der Waals surface area contributed by atoms with Crippen molar-refractivity contribution in [1.82, 2.24) is 10.2 Å². The Morgan fingerprint density at radius 3 is 2.75 bits per heavy atom. The van der Waals surface area contributed by atoms with Gasteiger partial charge in [0.2, 0.25) is 5.91 Å². The van der Waals surface area contributed by atoms with E-state index in [2.05, 4.69) is 15.5 Å². The first-order chi connectivity index (χ1) is 15.5. The lowest BCUT2D eigenvalue weighted by molar-refractivity contribution is -0.384. The molecule has 1 amide bonds. The highest BCUT2D eigenvalue weighted by Crippen LogP contribution is 2.29. The van der Waals surface area contributed by atoms with Crippen molar-refractivity contribution in [2.45, 2.75) is 12.8 Å². The topological polar surface area (TPSA) is 110 Å². The van der Waals surface area contributed by atoms with Crippen LogP contribution < -0.4 is 15.0 Å². The Bertz CT molecular complexity index is 1120. The summed E-state index contributed by atoms with van der Waals surface area (Å²) in [5, 5.41) is 22.5. The van der Waals surface area contributed by atoms with Crippen LogP contribution in [0, 0.1) is 16.0 Å². The number of non-ortho nitro benzene ring substituents is 1. The number of anilines is 2. The van der Waals surface area contributed by atoms with Crippen molar-refractivity contribution in [3.05, 3.63) is 70.8 Å². The van der Waals surface area contributed by atoms with Crippen LogP contribution in [0.3, 0.4) is 0 Å². The third kappa shape index (κ3) is 4.66. The van der Waals surface area contributed by atoms with Crippen molar-refractivity contribution in [3.63, 3.8) is 0 Å². The second kappa shape index (κ2) is 9.42. The molecule has 0 aliphatic carbocycles. The lowest BCUT2D eigenvalue weighted by Crippen LogP contribution is -2.41. The number of carbonyl (C=O) groups excluding carboxylic acids is 1. The van der Waals surface area contributed by atoms with Crippen LogP contribution in [-0.4, -0.2) is 41.2 Å². The lowest BCUT2D eigenvalue weighted by Gasteiger charge is -2.32. The van der Waals surface area contributed by atoms with Crippen LogP contribution in [0.2, 0.25) is 0 Å². The van der Waals surface area contributed by atoms with Gasteiger partial charge >= 0.3 is 0 Å². The molecule has 1 aliphatic heterocycles. The first-order valence-electron chi connectivity index (χ1n) is 10.3. The summed E-state index contributed by atoms with van der Waals surface area (Å²) in [5.41, 5.74) is 1.94. The average molecular weight is 433 g/mol. The molecular weight excluding hydrogens is 410 g/mol. The largest absolute Gasteiger partial charge is 0.496 e. The van der Waals surface area contributed by atoms with Gasteiger partial charge in [0.25, 0.3) is 5.69 Å². The molecule has 9 heteroatoms. The van der Waals surface area contributed by atoms with Gasteiger partial charge in [0.1, 0.15) is 5.75 Å². The van der Waals surface area contributed by atoms with Crippen LogP contribution in [-0.2, 0) is 4.79 Å². The number of para-hydroxylation sites is 1. The molecule has 1 atom stereocenters. The number of aromatic nitrogens is 2. The molecule has 1 saturated heterocycles. The van der Waals surface area contributed by atoms with E-state index in [1.54, 1.807) is 19.2 Å². The van der Waals surface area contributed by atoms with Crippen molar-refractivity contribution in [1.29, 1.82) is 0 Å². The summed E-state index contributed by atoms with van der Waals surface area (Å²) in [6.07, 6.45) is 1.58. The highest BCUT2D eigenvalue weighted by atomic mass is 16.6. The molecule has 4 rings (SSSR count). The van der Waals surface area contributed by atoms with E-state index in [0.29, 0.717) is 23.7 Å². The van der Waals surface area contributed by atoms with Gasteiger partial charge in [-0.15, -0.1) is 10.2 Å². The summed E-state index contributed by atoms with van der Waals surface area (Å²) in [4.78, 5) is 25.3. The molecule has 0 unspecified atom stereocenters. The molecule has 164 valence electrons. The van der Waals surface area contributed by atoms with E-state index < -0.39 is 4.92 Å². The number of nitro groups is 1. The minimum atomic E-state index is -0.481. The number of carbonyl (C=O) groups is 1. The minimum absolute atomic E-state index is 0.0570. The number of methoxy groups -OCH3 is 1. The second-order valence-electron chi connectivity index (χ2n) is 7.56. The van der Waals surface area contributed by atoms with Gasteiger partial charge < -0.3 is 15.0 Å². The monoisotopic (exact) mass is 433 g/mol. The Morgan fingerprint density at radius 2 is 2.00 bits per heavy atom. The highest BCUT2D eigenvalue weighted by Gasteiger charge is 2.27. The summed E-state index contributed by atoms with van der Waals surface area (Å²) in [7, 11) is 1.62. The van der Waals surface area contributed by atoms with Crippen molar-refractivity contribution in [2.24, 2.45) is 5.92 Å². The smallest absolute Gasteiger partial charge is 0.271 e. The third-order valence-electron chi connectivity index (χ3n) is 5.47. The van der Waals surface area contributed by atoms with E-state index >= 15 is 0 Å². The summed E-state index contributed by atoms with van der Waals surface area (Å²) >= 11 is 0. The molecule has 0 spiro atoms. The molecule has 3 aromatic rings. The molecule has 32 heavy (non-hydrogen) atoms. The van der Waals surface area contributed by atoms with Gasteiger partial charge in [-0.05, 0) is 43.2 Å². The van der Waals surface area contributed by atoms with Gasteiger partial charge in [-0.1, -0.05) is 18.2 Å². The van der Waals surface area contributed by atoms with Crippen molar-refractivity contribution in [3.8, 4) is 17.0 Å². The number of amides is 1. The molecule has 0 bridgehead atoms. The summed E-state index contributed by atoms with van der Waals surface area (Å²) < 4.78 is 5.40. The van der Waals surface area contributed by atoms with Gasteiger partial charge in [-0.25, -0.2) is 0 Å². The molecule has 1 N–H and O–H groups in total. The Kier molecular flexibility index (Phi) is 6.25. The van der Waals surface area contributed by atoms with Gasteiger partial charge in [0.15, 0.2) is 5.82 Å². The number of hydrogen-bond donors (Lipinski definition) is 1. The maximum absolute atomic E-state index is 12.8. The zero-order chi connectivity index (χ0) is 22.5. The zero-order valence-corrected chi connectivity index (χ0v) is 17.6. The first kappa shape index (κ1) is 21.2. The number of benzene rings is 2. The molecule has 2 heterocycles. The van der Waals surface area contributed by atoms with E-state index in [1.807, 2.05) is 41.3 Å². The van der Waals surface area contributed by atoms with Crippen LogP contribution in [0.5, 0.6) is 5.75 Å². The SMILES string of the molecule is COc1ccccc1-c1ccc(N2CCC[C@@H](C(=O)Nc3cccc([N+](=O)[O-])c3)C2)nn1. The average Bonchev–Trinajstić information content (AvgIpc) is 2.84. The number of rotatable bonds is 6. The Morgan fingerprint density at radius 1 is 1.16 bits per heavy atom. The number of nitrogens with zero attached hydrogens (tertiary/aromatic N) is 4. The second-order valence-corrected chi connectivity index (χ2v) is 7.56. The van der Waals surface area contributed by atoms with E-state index in [0.717, 1.165) is 30.7 Å². The Hall–Kier alpha value is -4.01. The van der Waals surface area contributed by atoms with Crippen LogP contribution in [0.4, 0.5) is 17.2 Å². The maximum atomic E-state index is 12.8. The number of hydrogen-bond acceptors (Lipinski definition) is 7. The number of nitro benzene ring substituents is 1. The fourth-order valence-corrected chi connectivity index (χ4v) is 3.83. The van der Waals surface area contributed by atoms with Gasteiger partial charge in [-0.3, -0.25) is 14.9 Å². The van der Waals surface area contributed by atoms with Gasteiger partial charge in [-0.2, -0.15) is 0 Å². The molecule has 9 nitrogen and oxygen atoms in total. The number of ether oxygens (including phenoxy) is 1. The number of piperidine rings is 1. The molecule has 2 aromatic carbocycles. The summed E-state index contributed by atoms with van der Waals surface area (Å²) in [6, 6.07) is 17.4. The van der Waals surface area contributed by atoms with Crippen molar-refractivity contribution in [2.75, 3.05) is 30.4 Å². The minimum Gasteiger partial charge on any atom is -0.496 e. The molecule has 1 aromatic heterocycles. The molecule has 0 radical (unpaired) electrons. The summed E-state index contributed by atoms with van der Waals surface area (Å²) in [6.45, 7) is 1.28. The fourth-order valence-electron chi connectivity index (χ4n) is 3.83.